The summed E-state index contributed by atoms with van der Waals surface area (Å²) in [6.07, 6.45) is 2.06. The third-order valence-corrected chi connectivity index (χ3v) is 4.66. The predicted molar refractivity (Wildman–Crippen MR) is 88.0 cm³/mol. The second-order valence-electron chi connectivity index (χ2n) is 6.18. The third-order valence-electron chi connectivity index (χ3n) is 4.66. The van der Waals surface area contributed by atoms with Gasteiger partial charge in [0.05, 0.1) is 30.0 Å². The molecule has 0 bridgehead atoms. The predicted octanol–water partition coefficient (Wildman–Crippen LogP) is 3.09. The van der Waals surface area contributed by atoms with Gasteiger partial charge in [-0.15, -0.1) is 0 Å². The Morgan fingerprint density at radius 1 is 1.46 bits per heavy atom. The summed E-state index contributed by atoms with van der Waals surface area (Å²) < 4.78 is 21.5. The van der Waals surface area contributed by atoms with Crippen LogP contribution in [0.5, 0.6) is 5.88 Å². The molecule has 3 rings (SSSR count). The van der Waals surface area contributed by atoms with E-state index in [1.54, 1.807) is 23.9 Å². The normalized spacial score (nSPS) is 17.9. The first-order valence-corrected chi connectivity index (χ1v) is 8.05. The van der Waals surface area contributed by atoms with Crippen LogP contribution in [0.4, 0.5) is 4.39 Å². The van der Waals surface area contributed by atoms with E-state index in [1.807, 2.05) is 20.0 Å². The van der Waals surface area contributed by atoms with Gasteiger partial charge in [-0.05, 0) is 38.4 Å². The summed E-state index contributed by atoms with van der Waals surface area (Å²) in [4.78, 5) is 2.26. The molecule has 1 aromatic carbocycles. The second kappa shape index (κ2) is 6.62. The van der Waals surface area contributed by atoms with Crippen LogP contribution in [0.25, 0.3) is 0 Å². The van der Waals surface area contributed by atoms with E-state index >= 15 is 0 Å². The van der Waals surface area contributed by atoms with Gasteiger partial charge >= 0.3 is 0 Å². The molecular weight excluding hydrogens is 307 g/mol. The molecule has 126 valence electrons. The molecule has 2 aromatic rings. The highest BCUT2D eigenvalue weighted by Gasteiger charge is 2.32. The number of benzene rings is 1. The highest BCUT2D eigenvalue weighted by molar-refractivity contribution is 5.36. The molecule has 1 unspecified atom stereocenters. The van der Waals surface area contributed by atoms with E-state index < -0.39 is 0 Å². The van der Waals surface area contributed by atoms with Crippen LogP contribution in [0, 0.1) is 24.1 Å². The zero-order valence-corrected chi connectivity index (χ0v) is 14.2. The maximum absolute atomic E-state index is 14.2. The smallest absolute Gasteiger partial charge is 0.216 e. The van der Waals surface area contributed by atoms with Gasteiger partial charge in [0, 0.05) is 25.2 Å². The SMILES string of the molecule is COc1c(C2CCCN2Cc2ccc(C#N)cc2F)c(C)nn1C. The Labute approximate surface area is 141 Å². The number of ether oxygens (including phenoxy) is 1. The van der Waals surface area contributed by atoms with E-state index in [0.29, 0.717) is 17.7 Å². The Balaban J connectivity index is 1.88. The molecule has 0 spiro atoms. The van der Waals surface area contributed by atoms with Gasteiger partial charge in [0.1, 0.15) is 5.82 Å². The van der Waals surface area contributed by atoms with Crippen LogP contribution in [-0.4, -0.2) is 28.3 Å². The maximum atomic E-state index is 14.2. The quantitative estimate of drug-likeness (QED) is 0.865. The van der Waals surface area contributed by atoms with Gasteiger partial charge in [0.15, 0.2) is 0 Å². The summed E-state index contributed by atoms with van der Waals surface area (Å²) in [6, 6.07) is 6.81. The standard InChI is InChI=1S/C18H21FN4O/c1-12-17(18(24-3)22(2)21-12)16-5-4-8-23(16)11-14-7-6-13(10-20)9-15(14)19/h6-7,9,16H,4-5,8,11H2,1-3H3. The number of likely N-dealkylation sites (tertiary alicyclic amines) is 1. The van der Waals surface area contributed by atoms with Crippen LogP contribution in [0.15, 0.2) is 18.2 Å². The van der Waals surface area contributed by atoms with Gasteiger partial charge in [-0.25, -0.2) is 9.07 Å². The number of methoxy groups -OCH3 is 1. The Hall–Kier alpha value is -2.39. The van der Waals surface area contributed by atoms with Crippen molar-refractivity contribution in [3.05, 3.63) is 46.4 Å². The number of aromatic nitrogens is 2. The van der Waals surface area contributed by atoms with Crippen molar-refractivity contribution in [1.29, 1.82) is 5.26 Å². The zero-order valence-electron chi connectivity index (χ0n) is 14.2. The van der Waals surface area contributed by atoms with Gasteiger partial charge in [0.2, 0.25) is 5.88 Å². The molecule has 0 N–H and O–H groups in total. The number of rotatable bonds is 4. The number of aryl methyl sites for hydroxylation is 2. The fraction of sp³-hybridized carbons (Fsp3) is 0.444. The summed E-state index contributed by atoms with van der Waals surface area (Å²) >= 11 is 0. The van der Waals surface area contributed by atoms with Gasteiger partial charge in [-0.3, -0.25) is 4.90 Å². The lowest BCUT2D eigenvalue weighted by Gasteiger charge is -2.25. The Bertz CT molecular complexity index is 793. The summed E-state index contributed by atoms with van der Waals surface area (Å²) in [5.74, 6) is 0.444. The van der Waals surface area contributed by atoms with Crippen LogP contribution in [-0.2, 0) is 13.6 Å². The lowest BCUT2D eigenvalue weighted by molar-refractivity contribution is 0.238. The van der Waals surface area contributed by atoms with Crippen LogP contribution in [0.1, 0.15) is 41.3 Å². The van der Waals surface area contributed by atoms with E-state index in [1.165, 1.54) is 6.07 Å². The number of nitriles is 1. The van der Waals surface area contributed by atoms with Crippen molar-refractivity contribution < 1.29 is 9.13 Å². The van der Waals surface area contributed by atoms with Crippen molar-refractivity contribution >= 4 is 0 Å². The highest BCUT2D eigenvalue weighted by atomic mass is 19.1. The van der Waals surface area contributed by atoms with Gasteiger partial charge < -0.3 is 4.74 Å². The topological polar surface area (TPSA) is 54.1 Å². The minimum Gasteiger partial charge on any atom is -0.481 e. The summed E-state index contributed by atoms with van der Waals surface area (Å²) in [5.41, 5.74) is 3.00. The van der Waals surface area contributed by atoms with Crippen LogP contribution >= 0.6 is 0 Å². The summed E-state index contributed by atoms with van der Waals surface area (Å²) in [7, 11) is 3.52. The van der Waals surface area contributed by atoms with Crippen molar-refractivity contribution in [1.82, 2.24) is 14.7 Å². The lowest BCUT2D eigenvalue weighted by atomic mass is 10.0. The number of halogens is 1. The fourth-order valence-corrected chi connectivity index (χ4v) is 3.59. The molecule has 1 aliphatic heterocycles. The minimum atomic E-state index is -0.324. The van der Waals surface area contributed by atoms with Crippen LogP contribution < -0.4 is 4.74 Å². The molecule has 1 fully saturated rings. The molecule has 0 saturated carbocycles. The van der Waals surface area contributed by atoms with Crippen molar-refractivity contribution in [3.8, 4) is 11.9 Å². The average molecular weight is 328 g/mol. The van der Waals surface area contributed by atoms with Crippen LogP contribution in [0.3, 0.4) is 0 Å². The summed E-state index contributed by atoms with van der Waals surface area (Å²) in [6.45, 7) is 3.40. The molecule has 6 heteroatoms. The number of nitrogens with zero attached hydrogens (tertiary/aromatic N) is 4. The second-order valence-corrected chi connectivity index (χ2v) is 6.18. The van der Waals surface area contributed by atoms with E-state index in [-0.39, 0.29) is 11.9 Å². The molecule has 1 aromatic heterocycles. The molecular formula is C18H21FN4O. The molecule has 2 heterocycles. The molecule has 0 aliphatic carbocycles. The third kappa shape index (κ3) is 2.87. The lowest BCUT2D eigenvalue weighted by Crippen LogP contribution is -2.24. The first kappa shape index (κ1) is 16.5. The largest absolute Gasteiger partial charge is 0.481 e. The molecule has 24 heavy (non-hydrogen) atoms. The first-order valence-electron chi connectivity index (χ1n) is 8.05. The molecule has 5 nitrogen and oxygen atoms in total. The van der Waals surface area contributed by atoms with E-state index in [2.05, 4.69) is 10.00 Å². The van der Waals surface area contributed by atoms with E-state index in [4.69, 9.17) is 10.00 Å². The minimum absolute atomic E-state index is 0.170. The Morgan fingerprint density at radius 2 is 2.25 bits per heavy atom. The molecule has 1 atom stereocenters. The van der Waals surface area contributed by atoms with Crippen molar-refractivity contribution in [3.63, 3.8) is 0 Å². The summed E-state index contributed by atoms with van der Waals surface area (Å²) in [5, 5.41) is 13.3. The van der Waals surface area contributed by atoms with E-state index in [9.17, 15) is 4.39 Å². The number of hydrogen-bond donors (Lipinski definition) is 0. The first-order chi connectivity index (χ1) is 11.5. The van der Waals surface area contributed by atoms with Crippen molar-refractivity contribution in [2.24, 2.45) is 7.05 Å². The molecule has 0 radical (unpaired) electrons. The maximum Gasteiger partial charge on any atom is 0.216 e. The van der Waals surface area contributed by atoms with Gasteiger partial charge in [0.25, 0.3) is 0 Å². The molecule has 0 amide bonds. The van der Waals surface area contributed by atoms with Gasteiger partial charge in [-0.1, -0.05) is 6.07 Å². The Morgan fingerprint density at radius 3 is 2.92 bits per heavy atom. The molecule has 1 aliphatic rings. The fourth-order valence-electron chi connectivity index (χ4n) is 3.59. The number of hydrogen-bond acceptors (Lipinski definition) is 4. The highest BCUT2D eigenvalue weighted by Crippen LogP contribution is 2.39. The van der Waals surface area contributed by atoms with Crippen molar-refractivity contribution in [2.45, 2.75) is 32.4 Å². The van der Waals surface area contributed by atoms with Crippen LogP contribution in [0.2, 0.25) is 0 Å². The van der Waals surface area contributed by atoms with Gasteiger partial charge in [-0.2, -0.15) is 10.4 Å². The zero-order chi connectivity index (χ0) is 17.3. The Kier molecular flexibility index (Phi) is 4.54. The van der Waals surface area contributed by atoms with Crippen molar-refractivity contribution in [2.75, 3.05) is 13.7 Å². The average Bonchev–Trinajstić information content (AvgIpc) is 3.12. The molecule has 1 saturated heterocycles. The monoisotopic (exact) mass is 328 g/mol. The van der Waals surface area contributed by atoms with E-state index in [0.717, 1.165) is 36.5 Å².